The molecule has 0 bridgehead atoms. The van der Waals surface area contributed by atoms with Gasteiger partial charge in [-0.05, 0) is 58.7 Å². The smallest absolute Gasteiger partial charge is 0.0587 e. The molecule has 1 aliphatic rings. The van der Waals surface area contributed by atoms with Crippen LogP contribution in [0.15, 0.2) is 0 Å². The van der Waals surface area contributed by atoms with Gasteiger partial charge in [0.05, 0.1) is 6.61 Å². The van der Waals surface area contributed by atoms with E-state index in [4.69, 9.17) is 4.74 Å². The van der Waals surface area contributed by atoms with E-state index >= 15 is 0 Å². The van der Waals surface area contributed by atoms with Crippen molar-refractivity contribution >= 4 is 0 Å². The van der Waals surface area contributed by atoms with Gasteiger partial charge in [-0.3, -0.25) is 0 Å². The summed E-state index contributed by atoms with van der Waals surface area (Å²) in [5.74, 6) is 0.991. The molecule has 1 atom stereocenters. The standard InChI is InChI=1S/C13H28N2O/c1-12(13-6-7-13)15(2)10-5-4-8-14-9-11-16-3/h12-14H,4-11H2,1-3H3. The second-order valence-corrected chi connectivity index (χ2v) is 5.01. The molecular formula is C13H28N2O. The van der Waals surface area contributed by atoms with Gasteiger partial charge >= 0.3 is 0 Å². The third-order valence-corrected chi connectivity index (χ3v) is 3.60. The molecule has 16 heavy (non-hydrogen) atoms. The van der Waals surface area contributed by atoms with Crippen LogP contribution < -0.4 is 5.32 Å². The highest BCUT2D eigenvalue weighted by Crippen LogP contribution is 2.34. The number of unbranched alkanes of at least 4 members (excludes halogenated alkanes) is 1. The molecule has 1 rings (SSSR count). The number of ether oxygens (including phenoxy) is 1. The van der Waals surface area contributed by atoms with E-state index in [9.17, 15) is 0 Å². The van der Waals surface area contributed by atoms with Crippen LogP contribution in [0.5, 0.6) is 0 Å². The summed E-state index contributed by atoms with van der Waals surface area (Å²) in [6.07, 6.45) is 5.47. The maximum absolute atomic E-state index is 4.98. The summed E-state index contributed by atoms with van der Waals surface area (Å²) in [5.41, 5.74) is 0. The van der Waals surface area contributed by atoms with Gasteiger partial charge in [-0.2, -0.15) is 0 Å². The van der Waals surface area contributed by atoms with E-state index in [0.29, 0.717) is 0 Å². The molecule has 0 aromatic rings. The Hall–Kier alpha value is -0.120. The zero-order valence-electron chi connectivity index (χ0n) is 11.2. The van der Waals surface area contributed by atoms with Crippen LogP contribution in [0.4, 0.5) is 0 Å². The summed E-state index contributed by atoms with van der Waals surface area (Å²) in [7, 11) is 4.01. The zero-order valence-corrected chi connectivity index (χ0v) is 11.2. The average molecular weight is 228 g/mol. The molecule has 0 spiro atoms. The van der Waals surface area contributed by atoms with Crippen molar-refractivity contribution < 1.29 is 4.74 Å². The zero-order chi connectivity index (χ0) is 11.8. The van der Waals surface area contributed by atoms with Crippen molar-refractivity contribution in [2.24, 2.45) is 5.92 Å². The predicted octanol–water partition coefficient (Wildman–Crippen LogP) is 1.73. The lowest BCUT2D eigenvalue weighted by Crippen LogP contribution is -2.32. The van der Waals surface area contributed by atoms with Gasteiger partial charge in [-0.15, -0.1) is 0 Å². The second kappa shape index (κ2) is 8.04. The number of nitrogens with zero attached hydrogens (tertiary/aromatic N) is 1. The van der Waals surface area contributed by atoms with Crippen LogP contribution in [0.3, 0.4) is 0 Å². The van der Waals surface area contributed by atoms with E-state index < -0.39 is 0 Å². The SMILES string of the molecule is COCCNCCCCN(C)C(C)C1CC1. The number of hydrogen-bond donors (Lipinski definition) is 1. The highest BCUT2D eigenvalue weighted by atomic mass is 16.5. The molecule has 1 fully saturated rings. The van der Waals surface area contributed by atoms with Crippen molar-refractivity contribution in [2.75, 3.05) is 40.4 Å². The summed E-state index contributed by atoms with van der Waals surface area (Å²) in [5, 5.41) is 3.38. The number of methoxy groups -OCH3 is 1. The van der Waals surface area contributed by atoms with Crippen molar-refractivity contribution in [2.45, 2.75) is 38.6 Å². The average Bonchev–Trinajstić information content (AvgIpc) is 3.10. The van der Waals surface area contributed by atoms with Gasteiger partial charge in [0, 0.05) is 19.7 Å². The maximum atomic E-state index is 4.98. The molecule has 3 nitrogen and oxygen atoms in total. The fourth-order valence-corrected chi connectivity index (χ4v) is 2.05. The molecule has 3 heteroatoms. The van der Waals surface area contributed by atoms with E-state index in [-0.39, 0.29) is 0 Å². The first-order valence-electron chi connectivity index (χ1n) is 6.65. The minimum atomic E-state index is 0.793. The fourth-order valence-electron chi connectivity index (χ4n) is 2.05. The maximum Gasteiger partial charge on any atom is 0.0587 e. The lowest BCUT2D eigenvalue weighted by molar-refractivity contribution is 0.198. The van der Waals surface area contributed by atoms with E-state index in [2.05, 4.69) is 24.2 Å². The molecule has 0 amide bonds. The second-order valence-electron chi connectivity index (χ2n) is 5.01. The van der Waals surface area contributed by atoms with E-state index in [0.717, 1.165) is 31.7 Å². The number of nitrogens with one attached hydrogen (secondary N) is 1. The van der Waals surface area contributed by atoms with Gasteiger partial charge in [0.15, 0.2) is 0 Å². The summed E-state index contributed by atoms with van der Waals surface area (Å²) in [4.78, 5) is 2.52. The Balaban J connectivity index is 1.86. The van der Waals surface area contributed by atoms with E-state index in [1.165, 1.54) is 32.2 Å². The molecular weight excluding hydrogens is 200 g/mol. The number of hydrogen-bond acceptors (Lipinski definition) is 3. The Bertz CT molecular complexity index is 171. The third-order valence-electron chi connectivity index (χ3n) is 3.60. The largest absolute Gasteiger partial charge is 0.383 e. The van der Waals surface area contributed by atoms with Crippen molar-refractivity contribution in [3.8, 4) is 0 Å². The first kappa shape index (κ1) is 13.9. The molecule has 0 aromatic heterocycles. The molecule has 0 radical (unpaired) electrons. The van der Waals surface area contributed by atoms with Gasteiger partial charge in [-0.1, -0.05) is 0 Å². The topological polar surface area (TPSA) is 24.5 Å². The van der Waals surface area contributed by atoms with Crippen LogP contribution >= 0.6 is 0 Å². The first-order valence-corrected chi connectivity index (χ1v) is 6.65. The first-order chi connectivity index (χ1) is 7.75. The third kappa shape index (κ3) is 5.83. The Labute approximate surface area is 101 Å². The summed E-state index contributed by atoms with van der Waals surface area (Å²) in [6, 6.07) is 0.793. The highest BCUT2D eigenvalue weighted by Gasteiger charge is 2.29. The predicted molar refractivity (Wildman–Crippen MR) is 68.8 cm³/mol. The Morgan fingerprint density at radius 2 is 2.06 bits per heavy atom. The van der Waals surface area contributed by atoms with Crippen molar-refractivity contribution in [3.05, 3.63) is 0 Å². The Morgan fingerprint density at radius 1 is 1.31 bits per heavy atom. The van der Waals surface area contributed by atoms with Crippen LogP contribution in [-0.4, -0.2) is 51.3 Å². The highest BCUT2D eigenvalue weighted by molar-refractivity contribution is 4.83. The van der Waals surface area contributed by atoms with Crippen LogP contribution in [0, 0.1) is 5.92 Å². The van der Waals surface area contributed by atoms with Crippen molar-refractivity contribution in [1.82, 2.24) is 10.2 Å². The van der Waals surface area contributed by atoms with Gasteiger partial charge < -0.3 is 15.0 Å². The van der Waals surface area contributed by atoms with E-state index in [1.807, 2.05) is 0 Å². The van der Waals surface area contributed by atoms with Crippen molar-refractivity contribution in [1.29, 1.82) is 0 Å². The summed E-state index contributed by atoms with van der Waals surface area (Å²) < 4.78 is 4.98. The minimum Gasteiger partial charge on any atom is -0.383 e. The summed E-state index contributed by atoms with van der Waals surface area (Å²) in [6.45, 7) is 6.52. The lowest BCUT2D eigenvalue weighted by Gasteiger charge is -2.24. The lowest BCUT2D eigenvalue weighted by atomic mass is 10.2. The molecule has 1 aliphatic carbocycles. The normalized spacial score (nSPS) is 18.0. The molecule has 0 saturated heterocycles. The fraction of sp³-hybridized carbons (Fsp3) is 1.00. The molecule has 0 aromatic carbocycles. The molecule has 0 aliphatic heterocycles. The van der Waals surface area contributed by atoms with E-state index in [1.54, 1.807) is 7.11 Å². The quantitative estimate of drug-likeness (QED) is 0.576. The van der Waals surface area contributed by atoms with Gasteiger partial charge in [0.1, 0.15) is 0 Å². The molecule has 96 valence electrons. The van der Waals surface area contributed by atoms with Crippen LogP contribution in [0.25, 0.3) is 0 Å². The molecule has 1 saturated carbocycles. The van der Waals surface area contributed by atoms with Crippen molar-refractivity contribution in [3.63, 3.8) is 0 Å². The Morgan fingerprint density at radius 3 is 2.69 bits per heavy atom. The van der Waals surface area contributed by atoms with Crippen LogP contribution in [0.2, 0.25) is 0 Å². The van der Waals surface area contributed by atoms with Gasteiger partial charge in [0.2, 0.25) is 0 Å². The number of rotatable bonds is 10. The Kier molecular flexibility index (Phi) is 7.01. The van der Waals surface area contributed by atoms with Gasteiger partial charge in [0.25, 0.3) is 0 Å². The molecule has 0 heterocycles. The van der Waals surface area contributed by atoms with Crippen LogP contribution in [0.1, 0.15) is 32.6 Å². The minimum absolute atomic E-state index is 0.793. The summed E-state index contributed by atoms with van der Waals surface area (Å²) >= 11 is 0. The van der Waals surface area contributed by atoms with Gasteiger partial charge in [-0.25, -0.2) is 0 Å². The monoisotopic (exact) mass is 228 g/mol. The molecule has 1 N–H and O–H groups in total. The molecule has 1 unspecified atom stereocenters. The van der Waals surface area contributed by atoms with Crippen LogP contribution in [-0.2, 0) is 4.74 Å².